The van der Waals surface area contributed by atoms with Crippen LogP contribution in [0.25, 0.3) is 0 Å². The highest BCUT2D eigenvalue weighted by molar-refractivity contribution is 5.98. The lowest BCUT2D eigenvalue weighted by atomic mass is 10.1. The number of hydrogen-bond acceptors (Lipinski definition) is 4. The van der Waals surface area contributed by atoms with Gasteiger partial charge in [0.05, 0.1) is 12.5 Å². The number of carboxylic acids is 1. The van der Waals surface area contributed by atoms with Gasteiger partial charge in [-0.1, -0.05) is 6.92 Å². The molecule has 2 rings (SSSR count). The summed E-state index contributed by atoms with van der Waals surface area (Å²) in [5.74, 6) is -0.747. The molecule has 0 bridgehead atoms. The second-order valence-corrected chi connectivity index (χ2v) is 6.41. The maximum absolute atomic E-state index is 12.2. The molecule has 0 aromatic heterocycles. The quantitative estimate of drug-likeness (QED) is 0.670. The van der Waals surface area contributed by atoms with Crippen LogP contribution in [0, 0.1) is 5.92 Å². The van der Waals surface area contributed by atoms with E-state index in [-0.39, 0.29) is 36.5 Å². The van der Waals surface area contributed by atoms with Crippen molar-refractivity contribution in [3.05, 3.63) is 29.8 Å². The first-order chi connectivity index (χ1) is 12.0. The van der Waals surface area contributed by atoms with Gasteiger partial charge in [0.25, 0.3) is 0 Å². The van der Waals surface area contributed by atoms with Crippen LogP contribution in [0.4, 0.5) is 0 Å². The number of amides is 1. The van der Waals surface area contributed by atoms with Gasteiger partial charge in [-0.2, -0.15) is 0 Å². The Bertz CT molecular complexity index is 611. The molecule has 6 heteroatoms. The van der Waals surface area contributed by atoms with E-state index in [1.807, 2.05) is 6.92 Å². The molecule has 0 spiro atoms. The van der Waals surface area contributed by atoms with E-state index in [4.69, 9.17) is 9.84 Å². The summed E-state index contributed by atoms with van der Waals surface area (Å²) < 4.78 is 5.47. The molecule has 25 heavy (non-hydrogen) atoms. The normalized spacial score (nSPS) is 19.4. The predicted molar refractivity (Wildman–Crippen MR) is 92.7 cm³/mol. The highest BCUT2D eigenvalue weighted by Gasteiger charge is 2.30. The highest BCUT2D eigenvalue weighted by Crippen LogP contribution is 2.25. The van der Waals surface area contributed by atoms with E-state index in [0.29, 0.717) is 31.4 Å². The van der Waals surface area contributed by atoms with Gasteiger partial charge in [0.15, 0.2) is 5.78 Å². The van der Waals surface area contributed by atoms with Crippen LogP contribution < -0.4 is 10.1 Å². The maximum Gasteiger partial charge on any atom is 0.306 e. The monoisotopic (exact) mass is 347 g/mol. The van der Waals surface area contributed by atoms with E-state index in [1.165, 1.54) is 0 Å². The number of Topliss-reactive ketones (excluding diaryl/α,β-unsaturated/α-hetero) is 1. The third kappa shape index (κ3) is 5.89. The van der Waals surface area contributed by atoms with E-state index >= 15 is 0 Å². The van der Waals surface area contributed by atoms with Crippen molar-refractivity contribution in [3.8, 4) is 5.75 Å². The van der Waals surface area contributed by atoms with E-state index in [0.717, 1.165) is 12.2 Å². The number of carboxylic acid groups (broad SMARTS) is 1. The van der Waals surface area contributed by atoms with Crippen molar-refractivity contribution in [3.63, 3.8) is 0 Å². The lowest BCUT2D eigenvalue weighted by Gasteiger charge is -2.12. The Morgan fingerprint density at radius 2 is 1.88 bits per heavy atom. The van der Waals surface area contributed by atoms with Crippen molar-refractivity contribution < 1.29 is 24.2 Å². The van der Waals surface area contributed by atoms with Gasteiger partial charge in [-0.05, 0) is 49.9 Å². The molecule has 2 N–H and O–H groups in total. The van der Waals surface area contributed by atoms with Crippen LogP contribution in [-0.4, -0.2) is 35.4 Å². The Morgan fingerprint density at radius 3 is 2.48 bits per heavy atom. The van der Waals surface area contributed by atoms with Gasteiger partial charge < -0.3 is 15.2 Å². The van der Waals surface area contributed by atoms with Crippen LogP contribution in [0.15, 0.2) is 24.3 Å². The van der Waals surface area contributed by atoms with Crippen LogP contribution in [0.2, 0.25) is 0 Å². The van der Waals surface area contributed by atoms with E-state index in [1.54, 1.807) is 24.3 Å². The fourth-order valence-electron chi connectivity index (χ4n) is 2.97. The number of ketones is 1. The number of rotatable bonds is 9. The molecule has 1 aromatic rings. The topological polar surface area (TPSA) is 92.7 Å². The first kappa shape index (κ1) is 19.0. The molecule has 1 aliphatic carbocycles. The zero-order valence-corrected chi connectivity index (χ0v) is 14.5. The molecule has 0 aliphatic heterocycles. The second kappa shape index (κ2) is 9.20. The molecule has 136 valence electrons. The lowest BCUT2D eigenvalue weighted by molar-refractivity contribution is -0.141. The Balaban J connectivity index is 1.74. The predicted octanol–water partition coefficient (Wildman–Crippen LogP) is 2.81. The van der Waals surface area contributed by atoms with E-state index in [9.17, 15) is 14.4 Å². The average molecular weight is 347 g/mol. The molecule has 1 fully saturated rings. The summed E-state index contributed by atoms with van der Waals surface area (Å²) in [6.07, 6.45) is 2.90. The number of ether oxygens (including phenoxy) is 1. The number of nitrogens with one attached hydrogen (secondary N) is 1. The molecule has 0 heterocycles. The third-order valence-corrected chi connectivity index (χ3v) is 4.38. The first-order valence-corrected chi connectivity index (χ1v) is 8.77. The lowest BCUT2D eigenvalue weighted by Crippen LogP contribution is -2.33. The smallest absolute Gasteiger partial charge is 0.306 e. The molecule has 0 saturated heterocycles. The van der Waals surface area contributed by atoms with Crippen LogP contribution in [0.3, 0.4) is 0 Å². The van der Waals surface area contributed by atoms with Gasteiger partial charge in [0, 0.05) is 24.4 Å². The summed E-state index contributed by atoms with van der Waals surface area (Å²) in [6, 6.07) is 6.83. The van der Waals surface area contributed by atoms with Crippen LogP contribution in [-0.2, 0) is 9.59 Å². The molecule has 0 radical (unpaired) electrons. The fourth-order valence-corrected chi connectivity index (χ4v) is 2.97. The minimum Gasteiger partial charge on any atom is -0.494 e. The SMILES string of the molecule is CCCOc1ccc(C(=O)CCC(=O)N[C@H]2CC[C@@H](C(=O)O)C2)cc1. The number of aliphatic carboxylic acids is 1. The van der Waals surface area contributed by atoms with Crippen molar-refractivity contribution in [2.45, 2.75) is 51.5 Å². The summed E-state index contributed by atoms with van der Waals surface area (Å²) in [5, 5.41) is 11.8. The summed E-state index contributed by atoms with van der Waals surface area (Å²) >= 11 is 0. The number of carbonyl (C=O) groups excluding carboxylic acids is 2. The van der Waals surface area contributed by atoms with Gasteiger partial charge in [0.1, 0.15) is 5.75 Å². The molecule has 1 amide bonds. The van der Waals surface area contributed by atoms with Crippen LogP contribution >= 0.6 is 0 Å². The fraction of sp³-hybridized carbons (Fsp3) is 0.526. The molecule has 6 nitrogen and oxygen atoms in total. The summed E-state index contributed by atoms with van der Waals surface area (Å²) in [5.41, 5.74) is 0.559. The molecule has 1 saturated carbocycles. The van der Waals surface area contributed by atoms with Crippen molar-refractivity contribution in [1.82, 2.24) is 5.32 Å². The van der Waals surface area contributed by atoms with Gasteiger partial charge in [-0.3, -0.25) is 14.4 Å². The Morgan fingerprint density at radius 1 is 1.16 bits per heavy atom. The maximum atomic E-state index is 12.2. The minimum atomic E-state index is -0.807. The van der Waals surface area contributed by atoms with Crippen LogP contribution in [0.1, 0.15) is 55.8 Å². The number of hydrogen-bond donors (Lipinski definition) is 2. The number of carbonyl (C=O) groups is 3. The summed E-state index contributed by atoms with van der Waals surface area (Å²) in [7, 11) is 0. The Hall–Kier alpha value is -2.37. The van der Waals surface area contributed by atoms with Crippen molar-refractivity contribution in [1.29, 1.82) is 0 Å². The second-order valence-electron chi connectivity index (χ2n) is 6.41. The Kier molecular flexibility index (Phi) is 6.98. The zero-order chi connectivity index (χ0) is 18.2. The highest BCUT2D eigenvalue weighted by atomic mass is 16.5. The average Bonchev–Trinajstić information content (AvgIpc) is 3.07. The Labute approximate surface area is 147 Å². The van der Waals surface area contributed by atoms with Crippen LogP contribution in [0.5, 0.6) is 5.75 Å². The van der Waals surface area contributed by atoms with Gasteiger partial charge in [-0.15, -0.1) is 0 Å². The van der Waals surface area contributed by atoms with Gasteiger partial charge in [0.2, 0.25) is 5.91 Å². The van der Waals surface area contributed by atoms with Gasteiger partial charge >= 0.3 is 5.97 Å². The summed E-state index contributed by atoms with van der Waals surface area (Å²) in [4.78, 5) is 35.0. The molecule has 2 atom stereocenters. The molecular formula is C19H25NO5. The molecule has 1 aliphatic rings. The minimum absolute atomic E-state index is 0.0907. The number of benzene rings is 1. The van der Waals surface area contributed by atoms with E-state index < -0.39 is 5.97 Å². The van der Waals surface area contributed by atoms with Crippen molar-refractivity contribution in [2.75, 3.05) is 6.61 Å². The molecule has 1 aromatic carbocycles. The molecular weight excluding hydrogens is 322 g/mol. The van der Waals surface area contributed by atoms with Crippen molar-refractivity contribution in [2.24, 2.45) is 5.92 Å². The van der Waals surface area contributed by atoms with Gasteiger partial charge in [-0.25, -0.2) is 0 Å². The molecule has 0 unspecified atom stereocenters. The standard InChI is InChI=1S/C19H25NO5/c1-2-11-25-16-7-4-13(5-8-16)17(21)9-10-18(22)20-15-6-3-14(12-15)19(23)24/h4-5,7-8,14-15H,2-3,6,9-12H2,1H3,(H,20,22)(H,23,24)/t14-,15+/m1/s1. The zero-order valence-electron chi connectivity index (χ0n) is 14.5. The third-order valence-electron chi connectivity index (χ3n) is 4.38. The largest absolute Gasteiger partial charge is 0.494 e. The van der Waals surface area contributed by atoms with Crippen molar-refractivity contribution >= 4 is 17.7 Å². The first-order valence-electron chi connectivity index (χ1n) is 8.77. The summed E-state index contributed by atoms with van der Waals surface area (Å²) in [6.45, 7) is 2.66. The van der Waals surface area contributed by atoms with E-state index in [2.05, 4.69) is 5.32 Å².